The molecule has 8 heavy (non-hydrogen) atoms. The molecule has 1 N–H and O–H groups in total. The topological polar surface area (TPSA) is 20.2 Å². The van der Waals surface area contributed by atoms with Crippen molar-refractivity contribution in [3.05, 3.63) is 24.8 Å². The first kappa shape index (κ1) is 7.44. The van der Waals surface area contributed by atoms with Crippen molar-refractivity contribution in [2.45, 2.75) is 19.4 Å². The average molecular weight is 112 g/mol. The summed E-state index contributed by atoms with van der Waals surface area (Å²) in [6, 6.07) is 0. The van der Waals surface area contributed by atoms with Crippen LogP contribution in [0.5, 0.6) is 0 Å². The Morgan fingerprint density at radius 3 is 2.00 bits per heavy atom. The Bertz CT molecular complexity index is 106. The lowest BCUT2D eigenvalue weighted by molar-refractivity contribution is 0.124. The Kier molecular flexibility index (Phi) is 1.99. The first-order valence-electron chi connectivity index (χ1n) is 2.52. The quantitative estimate of drug-likeness (QED) is 0.537. The highest BCUT2D eigenvalue weighted by atomic mass is 16.3. The highest BCUT2D eigenvalue weighted by molar-refractivity contribution is 5.20. The van der Waals surface area contributed by atoms with Gasteiger partial charge in [0.25, 0.3) is 0 Å². The molecule has 0 aromatic carbocycles. The molecule has 0 aromatic heterocycles. The highest BCUT2D eigenvalue weighted by Crippen LogP contribution is 2.12. The summed E-state index contributed by atoms with van der Waals surface area (Å²) in [5.41, 5.74) is -0.153. The predicted molar refractivity (Wildman–Crippen MR) is 35.6 cm³/mol. The van der Waals surface area contributed by atoms with Crippen LogP contribution in [0.25, 0.3) is 0 Å². The summed E-state index contributed by atoms with van der Waals surface area (Å²) in [6.07, 6.45) is 1.56. The Labute approximate surface area is 50.3 Å². The molecule has 0 aliphatic heterocycles. The highest BCUT2D eigenvalue weighted by Gasteiger charge is 2.12. The van der Waals surface area contributed by atoms with Crippen molar-refractivity contribution in [3.8, 4) is 0 Å². The molecule has 0 heterocycles. The summed E-state index contributed by atoms with van der Waals surface area (Å²) in [5, 5.41) is 9.12. The van der Waals surface area contributed by atoms with Gasteiger partial charge >= 0.3 is 0 Å². The maximum atomic E-state index is 9.12. The zero-order chi connectivity index (χ0) is 6.78. The fourth-order valence-electron chi connectivity index (χ4n) is 0.250. The summed E-state index contributed by atoms with van der Waals surface area (Å²) in [6.45, 7) is 10.4. The van der Waals surface area contributed by atoms with E-state index < -0.39 is 5.60 Å². The van der Waals surface area contributed by atoms with Gasteiger partial charge < -0.3 is 5.11 Å². The van der Waals surface area contributed by atoms with Crippen molar-refractivity contribution in [2.75, 3.05) is 0 Å². The molecule has 0 saturated heterocycles. The molecule has 0 saturated carbocycles. The molecule has 0 aromatic rings. The van der Waals surface area contributed by atoms with E-state index in [4.69, 9.17) is 5.11 Å². The zero-order valence-corrected chi connectivity index (χ0v) is 5.44. The fraction of sp³-hybridized carbons (Fsp3) is 0.429. The van der Waals surface area contributed by atoms with E-state index in [1.54, 1.807) is 19.9 Å². The van der Waals surface area contributed by atoms with Crippen molar-refractivity contribution in [3.63, 3.8) is 0 Å². The molecule has 0 fully saturated rings. The third kappa shape index (κ3) is 1.94. The summed E-state index contributed by atoms with van der Waals surface area (Å²) in [5.74, 6) is 0. The van der Waals surface area contributed by atoms with Crippen LogP contribution < -0.4 is 0 Å². The molecule has 46 valence electrons. The lowest BCUT2D eigenvalue weighted by Gasteiger charge is -2.16. The fourth-order valence-corrected chi connectivity index (χ4v) is 0.250. The monoisotopic (exact) mass is 112 g/mol. The molecule has 0 spiro atoms. The predicted octanol–water partition coefficient (Wildman–Crippen LogP) is 1.50. The van der Waals surface area contributed by atoms with Crippen LogP contribution in [0.1, 0.15) is 13.8 Å². The van der Waals surface area contributed by atoms with E-state index in [0.29, 0.717) is 5.57 Å². The van der Waals surface area contributed by atoms with Crippen LogP contribution in [0.3, 0.4) is 0 Å². The van der Waals surface area contributed by atoms with Crippen LogP contribution in [0.4, 0.5) is 0 Å². The largest absolute Gasteiger partial charge is 0.386 e. The van der Waals surface area contributed by atoms with Crippen molar-refractivity contribution in [1.29, 1.82) is 0 Å². The van der Waals surface area contributed by atoms with Gasteiger partial charge in [0.2, 0.25) is 0 Å². The maximum absolute atomic E-state index is 9.12. The zero-order valence-electron chi connectivity index (χ0n) is 5.44. The van der Waals surface area contributed by atoms with Crippen LogP contribution >= 0.6 is 0 Å². The van der Waals surface area contributed by atoms with E-state index in [9.17, 15) is 0 Å². The number of hydrogen-bond acceptors (Lipinski definition) is 1. The minimum Gasteiger partial charge on any atom is -0.386 e. The lowest BCUT2D eigenvalue weighted by atomic mass is 10.0. The van der Waals surface area contributed by atoms with Crippen molar-refractivity contribution in [1.82, 2.24) is 0 Å². The van der Waals surface area contributed by atoms with E-state index in [1.165, 1.54) is 0 Å². The van der Waals surface area contributed by atoms with Gasteiger partial charge in [0.05, 0.1) is 5.60 Å². The number of hydrogen-bond donors (Lipinski definition) is 1. The van der Waals surface area contributed by atoms with E-state index in [-0.39, 0.29) is 0 Å². The summed E-state index contributed by atoms with van der Waals surface area (Å²) in [7, 11) is 0. The Balaban J connectivity index is 4.02. The SMILES string of the molecule is C=CC(=C)C(C)(C)O. The van der Waals surface area contributed by atoms with Crippen LogP contribution in [0.15, 0.2) is 24.8 Å². The van der Waals surface area contributed by atoms with Gasteiger partial charge in [-0.15, -0.1) is 0 Å². The second kappa shape index (κ2) is 2.14. The Hall–Kier alpha value is -0.560. The second-order valence-electron chi connectivity index (χ2n) is 2.29. The molecule has 0 atom stereocenters. The minimum absolute atomic E-state index is 0.650. The number of rotatable bonds is 2. The summed E-state index contributed by atoms with van der Waals surface area (Å²) in [4.78, 5) is 0. The van der Waals surface area contributed by atoms with E-state index in [2.05, 4.69) is 13.2 Å². The van der Waals surface area contributed by atoms with Gasteiger partial charge in [0, 0.05) is 0 Å². The Morgan fingerprint density at radius 2 is 2.00 bits per heavy atom. The molecule has 0 aliphatic rings. The molecule has 0 amide bonds. The van der Waals surface area contributed by atoms with E-state index in [1.807, 2.05) is 0 Å². The Morgan fingerprint density at radius 1 is 1.62 bits per heavy atom. The molecule has 0 bridgehead atoms. The molecule has 1 heteroatoms. The molecular formula is C7H12O. The van der Waals surface area contributed by atoms with Gasteiger partial charge in [-0.3, -0.25) is 0 Å². The van der Waals surface area contributed by atoms with Gasteiger partial charge in [0.15, 0.2) is 0 Å². The maximum Gasteiger partial charge on any atom is 0.0834 e. The summed E-state index contributed by atoms with van der Waals surface area (Å²) >= 11 is 0. The van der Waals surface area contributed by atoms with Gasteiger partial charge in [0.1, 0.15) is 0 Å². The van der Waals surface area contributed by atoms with Crippen LogP contribution in [0, 0.1) is 0 Å². The third-order valence-corrected chi connectivity index (χ3v) is 1.03. The lowest BCUT2D eigenvalue weighted by Crippen LogP contribution is -2.19. The minimum atomic E-state index is -0.804. The second-order valence-corrected chi connectivity index (χ2v) is 2.29. The van der Waals surface area contributed by atoms with Crippen molar-refractivity contribution in [2.24, 2.45) is 0 Å². The molecule has 0 unspecified atom stereocenters. The first-order valence-corrected chi connectivity index (χ1v) is 2.52. The van der Waals surface area contributed by atoms with Crippen LogP contribution in [0.2, 0.25) is 0 Å². The normalized spacial score (nSPS) is 10.9. The van der Waals surface area contributed by atoms with Gasteiger partial charge in [-0.1, -0.05) is 19.2 Å². The molecule has 1 nitrogen and oxygen atoms in total. The van der Waals surface area contributed by atoms with Crippen molar-refractivity contribution >= 4 is 0 Å². The summed E-state index contributed by atoms with van der Waals surface area (Å²) < 4.78 is 0. The van der Waals surface area contributed by atoms with E-state index in [0.717, 1.165) is 0 Å². The van der Waals surface area contributed by atoms with Gasteiger partial charge in [-0.25, -0.2) is 0 Å². The first-order chi connectivity index (χ1) is 3.48. The van der Waals surface area contributed by atoms with Crippen LogP contribution in [-0.4, -0.2) is 10.7 Å². The third-order valence-electron chi connectivity index (χ3n) is 1.03. The molecular weight excluding hydrogens is 100 g/mol. The molecule has 0 aliphatic carbocycles. The standard InChI is InChI=1S/C7H12O/c1-5-6(2)7(3,4)8/h5,8H,1-2H2,3-4H3. The number of aliphatic hydroxyl groups is 1. The van der Waals surface area contributed by atoms with Crippen molar-refractivity contribution < 1.29 is 5.11 Å². The van der Waals surface area contributed by atoms with Gasteiger partial charge in [-0.05, 0) is 19.4 Å². The van der Waals surface area contributed by atoms with Gasteiger partial charge in [-0.2, -0.15) is 0 Å². The smallest absolute Gasteiger partial charge is 0.0834 e. The van der Waals surface area contributed by atoms with Crippen LogP contribution in [-0.2, 0) is 0 Å². The molecule has 0 rings (SSSR count). The molecule has 0 radical (unpaired) electrons. The van der Waals surface area contributed by atoms with E-state index >= 15 is 0 Å². The average Bonchev–Trinajstić information content (AvgIpc) is 1.62.